The molecule has 1 atom stereocenters. The average Bonchev–Trinajstić information content (AvgIpc) is 2.36. The molecule has 1 rings (SSSR count). The normalized spacial score (nSPS) is 14.1. The molecular weight excluding hydrogens is 307 g/mol. The van der Waals surface area contributed by atoms with Crippen LogP contribution in [0.25, 0.3) is 0 Å². The van der Waals surface area contributed by atoms with E-state index in [1.165, 1.54) is 27.2 Å². The highest BCUT2D eigenvalue weighted by molar-refractivity contribution is 6.21. The molecule has 0 bridgehead atoms. The maximum atomic E-state index is 13.3. The number of halogens is 6. The molecule has 0 aromatic heterocycles. The Morgan fingerprint density at radius 2 is 1.45 bits per heavy atom. The summed E-state index contributed by atoms with van der Waals surface area (Å²) in [6, 6.07) is 2.31. The van der Waals surface area contributed by atoms with Gasteiger partial charge in [-0.1, -0.05) is 0 Å². The molecule has 0 N–H and O–H groups in total. The molecule has 0 heterocycles. The van der Waals surface area contributed by atoms with E-state index in [1.807, 2.05) is 0 Å². The van der Waals surface area contributed by atoms with Crippen LogP contribution in [0.15, 0.2) is 12.1 Å². The van der Waals surface area contributed by atoms with Gasteiger partial charge in [0.2, 0.25) is 0 Å². The minimum Gasteiger partial charge on any atom is -0.493 e. The van der Waals surface area contributed by atoms with Gasteiger partial charge >= 0.3 is 12.1 Å². The maximum Gasteiger partial charge on any atom is 0.455 e. The van der Waals surface area contributed by atoms with E-state index in [0.717, 1.165) is 6.07 Å². The highest BCUT2D eigenvalue weighted by Gasteiger charge is 2.62. The lowest BCUT2D eigenvalue weighted by Gasteiger charge is -2.26. The minimum atomic E-state index is -5.74. The third-order valence-corrected chi connectivity index (χ3v) is 3.25. The van der Waals surface area contributed by atoms with Crippen molar-refractivity contribution in [3.63, 3.8) is 0 Å². The van der Waals surface area contributed by atoms with Crippen LogP contribution in [0, 0.1) is 6.92 Å². The summed E-state index contributed by atoms with van der Waals surface area (Å²) >= 11 is 5.35. The number of ether oxygens (including phenoxy) is 2. The van der Waals surface area contributed by atoms with E-state index in [4.69, 9.17) is 21.1 Å². The Bertz CT molecular complexity index is 487. The summed E-state index contributed by atoms with van der Waals surface area (Å²) in [6.07, 6.45) is -5.74. The second kappa shape index (κ2) is 5.63. The van der Waals surface area contributed by atoms with E-state index in [9.17, 15) is 22.0 Å². The van der Waals surface area contributed by atoms with Crippen LogP contribution in [0.2, 0.25) is 0 Å². The first-order chi connectivity index (χ1) is 9.06. The lowest BCUT2D eigenvalue weighted by molar-refractivity contribution is -0.283. The van der Waals surface area contributed by atoms with Crippen LogP contribution >= 0.6 is 11.6 Å². The standard InChI is InChI=1S/C12H12ClF5O2/c1-6-4-8(19-2)9(20-3)5-7(6)10(13)11(14,15)12(16,17)18/h4-5,10H,1-3H3. The average molecular weight is 319 g/mol. The summed E-state index contributed by atoms with van der Waals surface area (Å²) in [6.45, 7) is 1.36. The van der Waals surface area contributed by atoms with Crippen molar-refractivity contribution in [1.29, 1.82) is 0 Å². The second-order valence-corrected chi connectivity index (χ2v) is 4.48. The van der Waals surface area contributed by atoms with E-state index >= 15 is 0 Å². The van der Waals surface area contributed by atoms with Crippen molar-refractivity contribution in [1.82, 2.24) is 0 Å². The van der Waals surface area contributed by atoms with Gasteiger partial charge < -0.3 is 9.47 Å². The number of alkyl halides is 6. The van der Waals surface area contributed by atoms with E-state index in [0.29, 0.717) is 0 Å². The Morgan fingerprint density at radius 3 is 1.85 bits per heavy atom. The predicted octanol–water partition coefficient (Wildman–Crippen LogP) is 4.49. The molecule has 8 heteroatoms. The second-order valence-electron chi connectivity index (χ2n) is 4.05. The van der Waals surface area contributed by atoms with Crippen LogP contribution in [-0.2, 0) is 0 Å². The van der Waals surface area contributed by atoms with E-state index < -0.39 is 17.5 Å². The molecule has 0 amide bonds. The highest BCUT2D eigenvalue weighted by Crippen LogP contribution is 2.49. The molecule has 0 radical (unpaired) electrons. The number of benzene rings is 1. The van der Waals surface area contributed by atoms with E-state index in [-0.39, 0.29) is 22.6 Å². The lowest BCUT2D eigenvalue weighted by Crippen LogP contribution is -2.40. The van der Waals surface area contributed by atoms with E-state index in [1.54, 1.807) is 0 Å². The quantitative estimate of drug-likeness (QED) is 0.601. The van der Waals surface area contributed by atoms with Gasteiger partial charge in [0.05, 0.1) is 14.2 Å². The van der Waals surface area contributed by atoms with Gasteiger partial charge in [0.1, 0.15) is 5.38 Å². The summed E-state index contributed by atoms with van der Waals surface area (Å²) in [5.41, 5.74) is -0.224. The fourth-order valence-electron chi connectivity index (χ4n) is 1.61. The van der Waals surface area contributed by atoms with Gasteiger partial charge in [-0.05, 0) is 30.2 Å². The van der Waals surface area contributed by atoms with Gasteiger partial charge in [-0.25, -0.2) is 0 Å². The van der Waals surface area contributed by atoms with Crippen molar-refractivity contribution in [2.75, 3.05) is 14.2 Å². The predicted molar refractivity (Wildman–Crippen MR) is 63.9 cm³/mol. The fraction of sp³-hybridized carbons (Fsp3) is 0.500. The molecule has 0 aliphatic heterocycles. The Labute approximate surface area is 117 Å². The van der Waals surface area contributed by atoms with Gasteiger partial charge in [-0.15, -0.1) is 11.6 Å². The molecule has 20 heavy (non-hydrogen) atoms. The van der Waals surface area contributed by atoms with Crippen molar-refractivity contribution >= 4 is 11.6 Å². The van der Waals surface area contributed by atoms with Crippen LogP contribution in [0.4, 0.5) is 22.0 Å². The zero-order valence-electron chi connectivity index (χ0n) is 10.8. The van der Waals surface area contributed by atoms with Crippen molar-refractivity contribution in [2.24, 2.45) is 0 Å². The molecule has 1 aromatic rings. The van der Waals surface area contributed by atoms with Gasteiger partial charge in [-0.2, -0.15) is 22.0 Å². The number of methoxy groups -OCH3 is 2. The van der Waals surface area contributed by atoms with Crippen LogP contribution in [0.3, 0.4) is 0 Å². The summed E-state index contributed by atoms with van der Waals surface area (Å²) in [7, 11) is 2.56. The number of aryl methyl sites for hydroxylation is 1. The van der Waals surface area contributed by atoms with Crippen molar-refractivity contribution in [2.45, 2.75) is 24.4 Å². The summed E-state index contributed by atoms with van der Waals surface area (Å²) in [5.74, 6) is -4.82. The minimum absolute atomic E-state index is 0.0247. The van der Waals surface area contributed by atoms with Gasteiger partial charge in [-0.3, -0.25) is 0 Å². The zero-order valence-corrected chi connectivity index (χ0v) is 11.6. The summed E-state index contributed by atoms with van der Waals surface area (Å²) in [4.78, 5) is 0. The van der Waals surface area contributed by atoms with Gasteiger partial charge in [0.25, 0.3) is 0 Å². The first kappa shape index (κ1) is 16.8. The third kappa shape index (κ3) is 2.92. The molecule has 0 aliphatic rings. The van der Waals surface area contributed by atoms with Crippen LogP contribution in [0.1, 0.15) is 16.5 Å². The smallest absolute Gasteiger partial charge is 0.455 e. The molecule has 0 fully saturated rings. The Balaban J connectivity index is 3.33. The number of hydrogen-bond donors (Lipinski definition) is 0. The van der Waals surface area contributed by atoms with Gasteiger partial charge in [0.15, 0.2) is 11.5 Å². The fourth-order valence-corrected chi connectivity index (χ4v) is 1.97. The molecular formula is C12H12ClF5O2. The molecule has 0 spiro atoms. The number of hydrogen-bond acceptors (Lipinski definition) is 2. The molecule has 2 nitrogen and oxygen atoms in total. The molecule has 1 aromatic carbocycles. The molecule has 114 valence electrons. The third-order valence-electron chi connectivity index (χ3n) is 2.74. The first-order valence-electron chi connectivity index (χ1n) is 5.37. The summed E-state index contributed by atoms with van der Waals surface area (Å²) < 4.78 is 73.4. The monoisotopic (exact) mass is 318 g/mol. The van der Waals surface area contributed by atoms with Crippen molar-refractivity contribution in [3.8, 4) is 11.5 Å². The zero-order chi connectivity index (χ0) is 15.7. The SMILES string of the molecule is COc1cc(C)c(C(Cl)C(F)(F)C(F)(F)F)cc1OC. The van der Waals surface area contributed by atoms with Gasteiger partial charge in [0, 0.05) is 0 Å². The Morgan fingerprint density at radius 1 is 1.00 bits per heavy atom. The van der Waals surface area contributed by atoms with Crippen molar-refractivity contribution < 1.29 is 31.4 Å². The highest BCUT2D eigenvalue weighted by atomic mass is 35.5. The van der Waals surface area contributed by atoms with Crippen molar-refractivity contribution in [3.05, 3.63) is 23.3 Å². The lowest BCUT2D eigenvalue weighted by atomic mass is 10.00. The van der Waals surface area contributed by atoms with Crippen LogP contribution in [0.5, 0.6) is 11.5 Å². The maximum absolute atomic E-state index is 13.3. The first-order valence-corrected chi connectivity index (χ1v) is 5.81. The van der Waals surface area contributed by atoms with E-state index in [2.05, 4.69) is 0 Å². The number of rotatable bonds is 4. The molecule has 0 saturated heterocycles. The van der Waals surface area contributed by atoms with Crippen LogP contribution < -0.4 is 9.47 Å². The molecule has 0 saturated carbocycles. The molecule has 1 unspecified atom stereocenters. The summed E-state index contributed by atoms with van der Waals surface area (Å²) in [5, 5.41) is -2.55. The largest absolute Gasteiger partial charge is 0.493 e. The van der Waals surface area contributed by atoms with Crippen LogP contribution in [-0.4, -0.2) is 26.3 Å². The molecule has 0 aliphatic carbocycles. The Kier molecular flexibility index (Phi) is 4.74. The Hall–Kier alpha value is -1.24. The topological polar surface area (TPSA) is 18.5 Å².